The van der Waals surface area contributed by atoms with Crippen LogP contribution in [0.4, 0.5) is 0 Å². The van der Waals surface area contributed by atoms with Crippen molar-refractivity contribution in [3.63, 3.8) is 0 Å². The predicted octanol–water partition coefficient (Wildman–Crippen LogP) is 3.55. The van der Waals surface area contributed by atoms with Gasteiger partial charge in [0.2, 0.25) is 0 Å². The Balaban J connectivity index is 2.10. The average molecular weight is 252 g/mol. The minimum absolute atomic E-state index is 0.282. The van der Waals surface area contributed by atoms with E-state index in [4.69, 9.17) is 5.73 Å². The van der Waals surface area contributed by atoms with Gasteiger partial charge < -0.3 is 5.73 Å². The number of hydrogen-bond donors (Lipinski definition) is 1. The first-order chi connectivity index (χ1) is 8.49. The van der Waals surface area contributed by atoms with Crippen molar-refractivity contribution >= 4 is 0 Å². The Kier molecular flexibility index (Phi) is 4.38. The van der Waals surface area contributed by atoms with E-state index in [-0.39, 0.29) is 5.54 Å². The molecule has 2 fully saturated rings. The van der Waals surface area contributed by atoms with Gasteiger partial charge in [-0.15, -0.1) is 0 Å². The van der Waals surface area contributed by atoms with Gasteiger partial charge in [0, 0.05) is 18.1 Å². The second kappa shape index (κ2) is 5.50. The van der Waals surface area contributed by atoms with E-state index in [9.17, 15) is 0 Å². The van der Waals surface area contributed by atoms with Gasteiger partial charge in [0.05, 0.1) is 0 Å². The first-order valence-corrected chi connectivity index (χ1v) is 7.92. The molecule has 2 saturated carbocycles. The maximum Gasteiger partial charge on any atom is 0.0336 e. The Morgan fingerprint density at radius 2 is 1.72 bits per heavy atom. The zero-order chi connectivity index (χ0) is 13.2. The molecule has 18 heavy (non-hydrogen) atoms. The fourth-order valence-electron chi connectivity index (χ4n) is 4.44. The number of nitrogens with two attached hydrogens (primary N) is 1. The standard InChI is InChI=1S/C16H32N2/c1-15(2)10-7-11-16(12-15,13-17)18(3)14-8-5-4-6-9-14/h14H,4-13,17H2,1-3H3. The molecule has 106 valence electrons. The molecule has 2 aliphatic rings. The second-order valence-electron chi connectivity index (χ2n) is 7.53. The Bertz CT molecular complexity index is 268. The lowest BCUT2D eigenvalue weighted by Crippen LogP contribution is -2.59. The molecule has 2 rings (SSSR count). The Morgan fingerprint density at radius 1 is 1.06 bits per heavy atom. The summed E-state index contributed by atoms with van der Waals surface area (Å²) in [5.41, 5.74) is 6.98. The molecular weight excluding hydrogens is 220 g/mol. The zero-order valence-electron chi connectivity index (χ0n) is 12.7. The largest absolute Gasteiger partial charge is 0.329 e. The van der Waals surface area contributed by atoms with Crippen LogP contribution in [0.5, 0.6) is 0 Å². The highest BCUT2D eigenvalue weighted by Crippen LogP contribution is 2.44. The summed E-state index contributed by atoms with van der Waals surface area (Å²) in [5.74, 6) is 0. The lowest BCUT2D eigenvalue weighted by Gasteiger charge is -2.52. The summed E-state index contributed by atoms with van der Waals surface area (Å²) in [4.78, 5) is 2.69. The highest BCUT2D eigenvalue weighted by Gasteiger charge is 2.43. The topological polar surface area (TPSA) is 29.3 Å². The minimum Gasteiger partial charge on any atom is -0.329 e. The van der Waals surface area contributed by atoms with Crippen molar-refractivity contribution in [2.75, 3.05) is 13.6 Å². The summed E-state index contributed by atoms with van der Waals surface area (Å²) in [5, 5.41) is 0. The number of rotatable bonds is 3. The van der Waals surface area contributed by atoms with Crippen LogP contribution in [-0.2, 0) is 0 Å². The van der Waals surface area contributed by atoms with Crippen molar-refractivity contribution in [3.8, 4) is 0 Å². The number of hydrogen-bond acceptors (Lipinski definition) is 2. The van der Waals surface area contributed by atoms with Crippen LogP contribution in [0.3, 0.4) is 0 Å². The van der Waals surface area contributed by atoms with Crippen LogP contribution in [0.2, 0.25) is 0 Å². The molecular formula is C16H32N2. The highest BCUT2D eigenvalue weighted by molar-refractivity contribution is 5.00. The van der Waals surface area contributed by atoms with Crippen molar-refractivity contribution in [1.82, 2.24) is 4.90 Å². The van der Waals surface area contributed by atoms with Crippen LogP contribution in [0.1, 0.15) is 71.6 Å². The van der Waals surface area contributed by atoms with Crippen molar-refractivity contribution in [2.45, 2.75) is 83.2 Å². The molecule has 0 aromatic rings. The van der Waals surface area contributed by atoms with E-state index in [1.54, 1.807) is 0 Å². The molecule has 0 bridgehead atoms. The minimum atomic E-state index is 0.282. The summed E-state index contributed by atoms with van der Waals surface area (Å²) >= 11 is 0. The van der Waals surface area contributed by atoms with E-state index < -0.39 is 0 Å². The van der Waals surface area contributed by atoms with Gasteiger partial charge in [0.25, 0.3) is 0 Å². The lowest BCUT2D eigenvalue weighted by atomic mass is 9.67. The van der Waals surface area contributed by atoms with E-state index in [2.05, 4.69) is 25.8 Å². The van der Waals surface area contributed by atoms with Crippen LogP contribution in [0.25, 0.3) is 0 Å². The van der Waals surface area contributed by atoms with Gasteiger partial charge in [-0.05, 0) is 44.6 Å². The SMILES string of the molecule is CN(C1CCCCC1)C1(CN)CCCC(C)(C)C1. The summed E-state index contributed by atoms with van der Waals surface area (Å²) in [6.07, 6.45) is 12.3. The van der Waals surface area contributed by atoms with Gasteiger partial charge in [-0.25, -0.2) is 0 Å². The first-order valence-electron chi connectivity index (χ1n) is 7.92. The lowest BCUT2D eigenvalue weighted by molar-refractivity contribution is -0.00934. The Labute approximate surface area is 113 Å². The third-order valence-corrected chi connectivity index (χ3v) is 5.55. The molecule has 2 heteroatoms. The molecule has 0 aromatic heterocycles. The molecule has 0 amide bonds. The van der Waals surface area contributed by atoms with E-state index in [1.807, 2.05) is 0 Å². The number of nitrogens with zero attached hydrogens (tertiary/aromatic N) is 1. The van der Waals surface area contributed by atoms with E-state index in [1.165, 1.54) is 57.8 Å². The first kappa shape index (κ1) is 14.3. The Hall–Kier alpha value is -0.0800. The van der Waals surface area contributed by atoms with E-state index >= 15 is 0 Å². The molecule has 0 heterocycles. The monoisotopic (exact) mass is 252 g/mol. The normalized spacial score (nSPS) is 33.8. The quantitative estimate of drug-likeness (QED) is 0.832. The van der Waals surface area contributed by atoms with Crippen LogP contribution in [0, 0.1) is 5.41 Å². The van der Waals surface area contributed by atoms with Crippen molar-refractivity contribution in [3.05, 3.63) is 0 Å². The van der Waals surface area contributed by atoms with Gasteiger partial charge in [0.1, 0.15) is 0 Å². The van der Waals surface area contributed by atoms with Gasteiger partial charge in [-0.3, -0.25) is 4.90 Å². The van der Waals surface area contributed by atoms with Gasteiger partial charge in [0.15, 0.2) is 0 Å². The number of likely N-dealkylation sites (N-methyl/N-ethyl adjacent to an activating group) is 1. The van der Waals surface area contributed by atoms with Crippen LogP contribution >= 0.6 is 0 Å². The molecule has 2 nitrogen and oxygen atoms in total. The van der Waals surface area contributed by atoms with Crippen LogP contribution in [-0.4, -0.2) is 30.1 Å². The van der Waals surface area contributed by atoms with Crippen LogP contribution < -0.4 is 5.73 Å². The van der Waals surface area contributed by atoms with Crippen molar-refractivity contribution in [1.29, 1.82) is 0 Å². The van der Waals surface area contributed by atoms with Gasteiger partial charge >= 0.3 is 0 Å². The molecule has 1 atom stereocenters. The molecule has 0 aliphatic heterocycles. The summed E-state index contributed by atoms with van der Waals surface area (Å²) in [7, 11) is 2.35. The van der Waals surface area contributed by atoms with Crippen molar-refractivity contribution < 1.29 is 0 Å². The van der Waals surface area contributed by atoms with Crippen molar-refractivity contribution in [2.24, 2.45) is 11.1 Å². The maximum absolute atomic E-state index is 6.23. The average Bonchev–Trinajstić information content (AvgIpc) is 2.37. The van der Waals surface area contributed by atoms with Gasteiger partial charge in [-0.2, -0.15) is 0 Å². The molecule has 0 spiro atoms. The predicted molar refractivity (Wildman–Crippen MR) is 78.7 cm³/mol. The molecule has 0 saturated heterocycles. The molecule has 2 aliphatic carbocycles. The third-order valence-electron chi connectivity index (χ3n) is 5.55. The molecule has 1 unspecified atom stereocenters. The smallest absolute Gasteiger partial charge is 0.0336 e. The summed E-state index contributed by atoms with van der Waals surface area (Å²) in [6.45, 7) is 5.68. The Morgan fingerprint density at radius 3 is 2.28 bits per heavy atom. The molecule has 0 radical (unpaired) electrons. The van der Waals surface area contributed by atoms with Crippen LogP contribution in [0.15, 0.2) is 0 Å². The summed E-state index contributed by atoms with van der Waals surface area (Å²) in [6, 6.07) is 0.788. The zero-order valence-corrected chi connectivity index (χ0v) is 12.7. The fraction of sp³-hybridized carbons (Fsp3) is 1.00. The second-order valence-corrected chi connectivity index (χ2v) is 7.53. The highest BCUT2D eigenvalue weighted by atomic mass is 15.2. The molecule has 0 aromatic carbocycles. The third kappa shape index (κ3) is 2.91. The maximum atomic E-state index is 6.23. The van der Waals surface area contributed by atoms with Gasteiger partial charge in [-0.1, -0.05) is 39.5 Å². The summed E-state index contributed by atoms with van der Waals surface area (Å²) < 4.78 is 0. The van der Waals surface area contributed by atoms with E-state index in [0.717, 1.165) is 12.6 Å². The fourth-order valence-corrected chi connectivity index (χ4v) is 4.44. The molecule has 2 N–H and O–H groups in total. The van der Waals surface area contributed by atoms with E-state index in [0.29, 0.717) is 5.41 Å².